The zero-order chi connectivity index (χ0) is 14.1. The molecular formula is C14H15ClN4O. The van der Waals surface area contributed by atoms with Crippen LogP contribution in [0.15, 0.2) is 24.4 Å². The molecule has 0 unspecified atom stereocenters. The third-order valence-electron chi connectivity index (χ3n) is 3.19. The van der Waals surface area contributed by atoms with E-state index in [0.29, 0.717) is 16.8 Å². The van der Waals surface area contributed by atoms with E-state index >= 15 is 0 Å². The summed E-state index contributed by atoms with van der Waals surface area (Å²) < 4.78 is 5.16. The Bertz CT molecular complexity index is 643. The van der Waals surface area contributed by atoms with Crippen molar-refractivity contribution in [1.82, 2.24) is 9.97 Å². The lowest BCUT2D eigenvalue weighted by atomic mass is 10.1. The molecule has 0 saturated heterocycles. The van der Waals surface area contributed by atoms with Crippen LogP contribution in [0.3, 0.4) is 0 Å². The van der Waals surface area contributed by atoms with Crippen LogP contribution < -0.4 is 15.8 Å². The lowest BCUT2D eigenvalue weighted by Gasteiger charge is -2.12. The van der Waals surface area contributed by atoms with Gasteiger partial charge >= 0.3 is 0 Å². The highest BCUT2D eigenvalue weighted by molar-refractivity contribution is 6.32. The van der Waals surface area contributed by atoms with Crippen molar-refractivity contribution in [3.8, 4) is 16.9 Å². The maximum Gasteiger partial charge on any atom is 0.221 e. The lowest BCUT2D eigenvalue weighted by molar-refractivity contribution is 0.415. The zero-order valence-corrected chi connectivity index (χ0v) is 11.8. The number of nitrogens with zero attached hydrogens (tertiary/aromatic N) is 2. The van der Waals surface area contributed by atoms with E-state index in [-0.39, 0.29) is 5.95 Å². The third-order valence-corrected chi connectivity index (χ3v) is 3.48. The summed E-state index contributed by atoms with van der Waals surface area (Å²) in [6, 6.07) is 6.08. The molecule has 104 valence electrons. The largest absolute Gasteiger partial charge is 0.495 e. The summed E-state index contributed by atoms with van der Waals surface area (Å²) in [7, 11) is 1.59. The van der Waals surface area contributed by atoms with E-state index in [1.165, 1.54) is 0 Å². The molecule has 1 fully saturated rings. The molecule has 0 amide bonds. The van der Waals surface area contributed by atoms with E-state index < -0.39 is 0 Å². The van der Waals surface area contributed by atoms with Gasteiger partial charge < -0.3 is 15.8 Å². The summed E-state index contributed by atoms with van der Waals surface area (Å²) in [4.78, 5) is 8.35. The summed E-state index contributed by atoms with van der Waals surface area (Å²) >= 11 is 6.17. The van der Waals surface area contributed by atoms with Crippen LogP contribution in [0.2, 0.25) is 5.02 Å². The molecule has 1 heterocycles. The van der Waals surface area contributed by atoms with Crippen LogP contribution in [0.25, 0.3) is 11.1 Å². The van der Waals surface area contributed by atoms with Crippen LogP contribution >= 0.6 is 11.6 Å². The van der Waals surface area contributed by atoms with Crippen molar-refractivity contribution in [1.29, 1.82) is 0 Å². The highest BCUT2D eigenvalue weighted by atomic mass is 35.5. The Labute approximate surface area is 122 Å². The standard InChI is InChI=1S/C14H15ClN4O/c1-20-12-5-2-8(6-11(12)15)10-7-17-14(16)19-13(10)18-9-3-4-9/h2,5-7,9H,3-4H2,1H3,(H3,16,17,18,19). The van der Waals surface area contributed by atoms with Crippen molar-refractivity contribution >= 4 is 23.4 Å². The first-order chi connectivity index (χ1) is 9.67. The molecule has 6 heteroatoms. The number of aromatic nitrogens is 2. The predicted octanol–water partition coefficient (Wildman–Crippen LogP) is 2.96. The topological polar surface area (TPSA) is 73.1 Å². The first kappa shape index (κ1) is 13.0. The van der Waals surface area contributed by atoms with Crippen LogP contribution in [-0.4, -0.2) is 23.1 Å². The predicted molar refractivity (Wildman–Crippen MR) is 80.1 cm³/mol. The Kier molecular flexibility index (Phi) is 3.36. The minimum atomic E-state index is 0.261. The number of rotatable bonds is 4. The number of nitrogens with one attached hydrogen (secondary N) is 1. The summed E-state index contributed by atoms with van der Waals surface area (Å²) in [6.07, 6.45) is 4.03. The number of anilines is 2. The number of halogens is 1. The number of ether oxygens (including phenoxy) is 1. The Morgan fingerprint density at radius 2 is 2.20 bits per heavy atom. The van der Waals surface area contributed by atoms with Gasteiger partial charge in [0.1, 0.15) is 11.6 Å². The van der Waals surface area contributed by atoms with Gasteiger partial charge in [-0.3, -0.25) is 0 Å². The molecule has 20 heavy (non-hydrogen) atoms. The second kappa shape index (κ2) is 5.17. The molecule has 1 aliphatic carbocycles. The van der Waals surface area contributed by atoms with Gasteiger partial charge in [0.05, 0.1) is 12.1 Å². The van der Waals surface area contributed by atoms with E-state index in [1.807, 2.05) is 18.2 Å². The molecule has 1 aromatic heterocycles. The molecular weight excluding hydrogens is 276 g/mol. The summed E-state index contributed by atoms with van der Waals surface area (Å²) in [6.45, 7) is 0. The van der Waals surface area contributed by atoms with Crippen LogP contribution in [-0.2, 0) is 0 Å². The van der Waals surface area contributed by atoms with E-state index in [0.717, 1.165) is 29.8 Å². The van der Waals surface area contributed by atoms with Crippen molar-refractivity contribution in [2.75, 3.05) is 18.2 Å². The van der Waals surface area contributed by atoms with Gasteiger partial charge in [-0.05, 0) is 30.5 Å². The molecule has 2 aromatic rings. The van der Waals surface area contributed by atoms with E-state index in [9.17, 15) is 0 Å². The molecule has 0 radical (unpaired) electrons. The molecule has 0 aliphatic heterocycles. The molecule has 0 atom stereocenters. The van der Waals surface area contributed by atoms with Gasteiger partial charge in [-0.15, -0.1) is 0 Å². The fourth-order valence-electron chi connectivity index (χ4n) is 1.97. The van der Waals surface area contributed by atoms with Crippen LogP contribution in [0.1, 0.15) is 12.8 Å². The van der Waals surface area contributed by atoms with Crippen LogP contribution in [0.5, 0.6) is 5.75 Å². The molecule has 5 nitrogen and oxygen atoms in total. The van der Waals surface area contributed by atoms with Gasteiger partial charge in [0.2, 0.25) is 5.95 Å². The molecule has 0 bridgehead atoms. The zero-order valence-electron chi connectivity index (χ0n) is 11.1. The molecule has 1 aromatic carbocycles. The quantitative estimate of drug-likeness (QED) is 0.905. The van der Waals surface area contributed by atoms with Gasteiger partial charge in [0.15, 0.2) is 0 Å². The number of benzene rings is 1. The first-order valence-electron chi connectivity index (χ1n) is 6.40. The Morgan fingerprint density at radius 1 is 1.40 bits per heavy atom. The van der Waals surface area contributed by atoms with Crippen molar-refractivity contribution in [3.63, 3.8) is 0 Å². The smallest absolute Gasteiger partial charge is 0.221 e. The van der Waals surface area contributed by atoms with Crippen molar-refractivity contribution in [2.45, 2.75) is 18.9 Å². The SMILES string of the molecule is COc1ccc(-c2cnc(N)nc2NC2CC2)cc1Cl. The van der Waals surface area contributed by atoms with Crippen molar-refractivity contribution in [3.05, 3.63) is 29.4 Å². The third kappa shape index (κ3) is 2.63. The van der Waals surface area contributed by atoms with Gasteiger partial charge in [-0.1, -0.05) is 17.7 Å². The average Bonchev–Trinajstić information content (AvgIpc) is 3.23. The summed E-state index contributed by atoms with van der Waals surface area (Å²) in [5.74, 6) is 1.65. The maximum absolute atomic E-state index is 6.17. The second-order valence-corrected chi connectivity index (χ2v) is 5.17. The average molecular weight is 291 g/mol. The molecule has 1 aliphatic rings. The van der Waals surface area contributed by atoms with Gasteiger partial charge in [-0.2, -0.15) is 4.98 Å². The molecule has 3 rings (SSSR count). The normalized spacial score (nSPS) is 14.1. The second-order valence-electron chi connectivity index (χ2n) is 4.76. The summed E-state index contributed by atoms with van der Waals surface area (Å²) in [5, 5.41) is 3.92. The number of hydrogen-bond acceptors (Lipinski definition) is 5. The monoisotopic (exact) mass is 290 g/mol. The molecule has 3 N–H and O–H groups in total. The molecule has 0 spiro atoms. The lowest BCUT2D eigenvalue weighted by Crippen LogP contribution is -2.07. The number of nitrogen functional groups attached to an aromatic ring is 1. The number of methoxy groups -OCH3 is 1. The Morgan fingerprint density at radius 3 is 2.85 bits per heavy atom. The van der Waals surface area contributed by atoms with E-state index in [1.54, 1.807) is 13.3 Å². The Hall–Kier alpha value is -2.01. The first-order valence-corrected chi connectivity index (χ1v) is 6.78. The maximum atomic E-state index is 6.17. The fourth-order valence-corrected chi connectivity index (χ4v) is 2.23. The van der Waals surface area contributed by atoms with E-state index in [4.69, 9.17) is 22.1 Å². The van der Waals surface area contributed by atoms with E-state index in [2.05, 4.69) is 15.3 Å². The van der Waals surface area contributed by atoms with Gasteiger partial charge in [-0.25, -0.2) is 4.98 Å². The highest BCUT2D eigenvalue weighted by Gasteiger charge is 2.23. The fraction of sp³-hybridized carbons (Fsp3) is 0.286. The Balaban J connectivity index is 2.01. The van der Waals surface area contributed by atoms with Gasteiger partial charge in [0, 0.05) is 17.8 Å². The van der Waals surface area contributed by atoms with Gasteiger partial charge in [0.25, 0.3) is 0 Å². The minimum absolute atomic E-state index is 0.261. The van der Waals surface area contributed by atoms with Crippen LogP contribution in [0.4, 0.5) is 11.8 Å². The molecule has 1 saturated carbocycles. The van der Waals surface area contributed by atoms with Crippen molar-refractivity contribution < 1.29 is 4.74 Å². The number of nitrogens with two attached hydrogens (primary N) is 1. The van der Waals surface area contributed by atoms with Crippen molar-refractivity contribution in [2.24, 2.45) is 0 Å². The van der Waals surface area contributed by atoms with Crippen LogP contribution in [0, 0.1) is 0 Å². The highest BCUT2D eigenvalue weighted by Crippen LogP contribution is 2.34. The minimum Gasteiger partial charge on any atom is -0.495 e. The number of hydrogen-bond donors (Lipinski definition) is 2. The summed E-state index contributed by atoms with van der Waals surface area (Å²) in [5.41, 5.74) is 7.48.